The van der Waals surface area contributed by atoms with E-state index in [0.29, 0.717) is 48.7 Å². The summed E-state index contributed by atoms with van der Waals surface area (Å²) in [7, 11) is 0. The van der Waals surface area contributed by atoms with Crippen LogP contribution in [0.5, 0.6) is 0 Å². The summed E-state index contributed by atoms with van der Waals surface area (Å²) in [4.78, 5) is 28.1. The van der Waals surface area contributed by atoms with Gasteiger partial charge in [-0.25, -0.2) is 0 Å². The molecule has 0 aromatic carbocycles. The van der Waals surface area contributed by atoms with E-state index in [9.17, 15) is 9.59 Å². The Kier molecular flexibility index (Phi) is 31.6. The van der Waals surface area contributed by atoms with E-state index in [4.69, 9.17) is 5.73 Å². The summed E-state index contributed by atoms with van der Waals surface area (Å²) in [6, 6.07) is 0. The van der Waals surface area contributed by atoms with Gasteiger partial charge in [-0.15, -0.1) is 0 Å². The second-order valence-corrected chi connectivity index (χ2v) is 44.3. The zero-order valence-corrected chi connectivity index (χ0v) is 67.6. The number of hydrogen-bond donors (Lipinski definition) is 5. The van der Waals surface area contributed by atoms with Crippen molar-refractivity contribution in [2.75, 3.05) is 65.4 Å². The van der Waals surface area contributed by atoms with E-state index in [1.165, 1.54) is 93.9 Å². The Balaban J connectivity index is 2.87. The number of carbonyl (C=O) groups is 2. The maximum absolute atomic E-state index is 13.5. The van der Waals surface area contributed by atoms with Gasteiger partial charge in [-0.3, -0.25) is 14.5 Å². The van der Waals surface area contributed by atoms with E-state index in [-0.39, 0.29) is 88.1 Å². The normalized spacial score (nSPS) is 17.0. The van der Waals surface area contributed by atoms with Gasteiger partial charge in [0.2, 0.25) is 11.8 Å². The molecule has 1 aliphatic rings. The minimum Gasteiger partial charge on any atom is -0.329 e. The van der Waals surface area contributed by atoms with Gasteiger partial charge in [-0.1, -0.05) is 240 Å². The zero-order valence-electron chi connectivity index (χ0n) is 67.6. The lowest BCUT2D eigenvalue weighted by molar-refractivity contribution is -0.139. The lowest BCUT2D eigenvalue weighted by Gasteiger charge is -2.48. The standard InChI is InChI=1S/C82H164N6O2/c1-63(45-64-46-65(89)88(66(64)90)44-43-87-42-41-86-40-39-85-38-37-84-36-35-83)47-68(5,6)49-70(9,10)51-72(13,14)53-74(17,18)55-76(21,22)57-78(25,26)59-80(29,30)61-82(33,34)62-81(31,32)60-79(27,28)58-77(23,24)56-75(19,20)54-73(15,16)52-71(11,12)50-69(7,8)48-67(2,3)4/h47,64,84-87H,35-46,48-62,83H2,1-34H3/b63-47+. The monoisotopic (exact) mass is 1270 g/mol. The highest BCUT2D eigenvalue weighted by atomic mass is 16.2. The van der Waals surface area contributed by atoms with Gasteiger partial charge in [0.1, 0.15) is 0 Å². The number of nitrogens with zero attached hydrogens (tertiary/aromatic N) is 1. The van der Waals surface area contributed by atoms with E-state index in [1.54, 1.807) is 0 Å². The van der Waals surface area contributed by atoms with Gasteiger partial charge in [0, 0.05) is 71.9 Å². The van der Waals surface area contributed by atoms with Crippen molar-refractivity contribution in [1.82, 2.24) is 26.2 Å². The van der Waals surface area contributed by atoms with Crippen molar-refractivity contribution in [2.24, 2.45) is 98.3 Å². The molecule has 0 aliphatic carbocycles. The Hall–Kier alpha value is -1.32. The van der Waals surface area contributed by atoms with Crippen LogP contribution in [-0.2, 0) is 9.59 Å². The van der Waals surface area contributed by atoms with Crippen LogP contribution in [0, 0.1) is 92.6 Å². The molecular weight excluding hydrogens is 1100 g/mol. The predicted molar refractivity (Wildman–Crippen MR) is 399 cm³/mol. The molecule has 0 radical (unpaired) electrons. The third kappa shape index (κ3) is 38.4. The number of allylic oxidation sites excluding steroid dienone is 2. The highest BCUT2D eigenvalue weighted by Crippen LogP contribution is 2.57. The van der Waals surface area contributed by atoms with Crippen LogP contribution in [0.2, 0.25) is 0 Å². The van der Waals surface area contributed by atoms with E-state index in [1.807, 2.05) is 0 Å². The van der Waals surface area contributed by atoms with Gasteiger partial charge in [-0.2, -0.15) is 0 Å². The number of rotatable bonds is 46. The first-order valence-electron chi connectivity index (χ1n) is 36.9. The minimum atomic E-state index is -0.265. The average molecular weight is 1270 g/mol. The number of hydrogen-bond acceptors (Lipinski definition) is 7. The fourth-order valence-electron chi connectivity index (χ4n) is 24.0. The van der Waals surface area contributed by atoms with E-state index in [2.05, 4.69) is 263 Å². The molecule has 0 aromatic heterocycles. The van der Waals surface area contributed by atoms with Crippen LogP contribution in [-0.4, -0.2) is 82.2 Å². The zero-order chi connectivity index (χ0) is 70.5. The van der Waals surface area contributed by atoms with Crippen LogP contribution in [0.1, 0.15) is 345 Å². The van der Waals surface area contributed by atoms with E-state index in [0.717, 1.165) is 58.7 Å². The third-order valence-corrected chi connectivity index (χ3v) is 19.2. The summed E-state index contributed by atoms with van der Waals surface area (Å²) >= 11 is 0. The molecule has 1 heterocycles. The fraction of sp³-hybridized carbons (Fsp3) is 0.951. The molecule has 1 aliphatic heterocycles. The number of imide groups is 1. The predicted octanol–water partition coefficient (Wildman–Crippen LogP) is 21.3. The van der Waals surface area contributed by atoms with Gasteiger partial charge in [-0.05, 0) is 196 Å². The average Bonchev–Trinajstić information content (AvgIpc) is 1.81. The first kappa shape index (κ1) is 86.7. The fourth-order valence-corrected chi connectivity index (χ4v) is 24.0. The molecule has 534 valence electrons. The Morgan fingerprint density at radius 3 is 0.822 bits per heavy atom. The van der Waals surface area contributed by atoms with Crippen LogP contribution >= 0.6 is 0 Å². The first-order valence-corrected chi connectivity index (χ1v) is 36.9. The molecule has 90 heavy (non-hydrogen) atoms. The molecule has 0 aromatic rings. The molecule has 1 fully saturated rings. The molecular formula is C82H164N6O2. The summed E-state index contributed by atoms with van der Waals surface area (Å²) in [5.41, 5.74) is 10.4. The van der Waals surface area contributed by atoms with Crippen LogP contribution in [0.15, 0.2) is 11.6 Å². The smallest absolute Gasteiger partial charge is 0.233 e. The molecule has 1 rings (SSSR count). The number of nitrogens with two attached hydrogens (primary N) is 1. The quantitative estimate of drug-likeness (QED) is 0.0235. The molecule has 1 saturated heterocycles. The molecule has 0 spiro atoms. The number of likely N-dealkylation sites (tertiary alicyclic amines) is 1. The van der Waals surface area contributed by atoms with Gasteiger partial charge in [0.15, 0.2) is 0 Å². The second kappa shape index (κ2) is 32.8. The van der Waals surface area contributed by atoms with Crippen molar-refractivity contribution >= 4 is 11.8 Å². The molecule has 8 nitrogen and oxygen atoms in total. The maximum Gasteiger partial charge on any atom is 0.233 e. The molecule has 0 saturated carbocycles. The van der Waals surface area contributed by atoms with Gasteiger partial charge < -0.3 is 27.0 Å². The van der Waals surface area contributed by atoms with Crippen molar-refractivity contribution in [3.8, 4) is 0 Å². The largest absolute Gasteiger partial charge is 0.329 e. The number of amides is 2. The summed E-state index contributed by atoms with van der Waals surface area (Å²) in [6.45, 7) is 93.4. The minimum absolute atomic E-state index is 0.0105. The molecule has 1 atom stereocenters. The maximum atomic E-state index is 13.5. The molecule has 0 bridgehead atoms. The van der Waals surface area contributed by atoms with Crippen molar-refractivity contribution in [3.63, 3.8) is 0 Å². The lowest BCUT2D eigenvalue weighted by Crippen LogP contribution is -2.39. The summed E-state index contributed by atoms with van der Waals surface area (Å²) in [5, 5.41) is 13.5. The number of nitrogens with one attached hydrogen (secondary N) is 4. The van der Waals surface area contributed by atoms with Crippen molar-refractivity contribution in [1.29, 1.82) is 0 Å². The van der Waals surface area contributed by atoms with Crippen LogP contribution < -0.4 is 27.0 Å². The number of carbonyl (C=O) groups excluding carboxylic acids is 2. The van der Waals surface area contributed by atoms with Crippen molar-refractivity contribution in [2.45, 2.75) is 345 Å². The summed E-state index contributed by atoms with van der Waals surface area (Å²) in [6.07, 6.45) is 21.7. The van der Waals surface area contributed by atoms with Crippen molar-refractivity contribution < 1.29 is 9.59 Å². The summed E-state index contributed by atoms with van der Waals surface area (Å²) in [5.74, 6) is -0.310. The summed E-state index contributed by atoms with van der Waals surface area (Å²) < 4.78 is 0. The van der Waals surface area contributed by atoms with E-state index < -0.39 is 0 Å². The third-order valence-electron chi connectivity index (χ3n) is 19.2. The molecule has 1 unspecified atom stereocenters. The van der Waals surface area contributed by atoms with Crippen LogP contribution in [0.25, 0.3) is 0 Å². The van der Waals surface area contributed by atoms with Crippen LogP contribution in [0.4, 0.5) is 0 Å². The Bertz CT molecular complexity index is 2180. The highest BCUT2D eigenvalue weighted by molar-refractivity contribution is 6.03. The van der Waals surface area contributed by atoms with Gasteiger partial charge >= 0.3 is 0 Å². The second-order valence-electron chi connectivity index (χ2n) is 44.3. The Labute approximate surface area is 564 Å². The van der Waals surface area contributed by atoms with Gasteiger partial charge in [0.25, 0.3) is 0 Å². The SMILES string of the molecule is C/C(=C\C(C)(C)CC(C)(C)CC(C)(C)CC(C)(C)CC(C)(C)CC(C)(C)CC(C)(C)CC(C)(C)CC(C)(C)CC(C)(C)CC(C)(C)CC(C)(C)CC(C)(C)CC(C)(C)CC(C)(C)CC(C)(C)C)CC1CC(=O)N(CCNCCNCCNCCNCCN)C1=O. The lowest BCUT2D eigenvalue weighted by atomic mass is 9.57. The van der Waals surface area contributed by atoms with Gasteiger partial charge in [0.05, 0.1) is 5.92 Å². The topological polar surface area (TPSA) is 112 Å². The molecule has 2 amide bonds. The highest BCUT2D eigenvalue weighted by Gasteiger charge is 2.46. The van der Waals surface area contributed by atoms with E-state index >= 15 is 0 Å². The first-order chi connectivity index (χ1) is 39.8. The Morgan fingerprint density at radius 2 is 0.578 bits per heavy atom. The van der Waals surface area contributed by atoms with Crippen molar-refractivity contribution in [3.05, 3.63) is 11.6 Å². The van der Waals surface area contributed by atoms with Crippen LogP contribution in [0.3, 0.4) is 0 Å². The Morgan fingerprint density at radius 1 is 0.356 bits per heavy atom. The molecule has 6 N–H and O–H groups in total. The molecule has 8 heteroatoms.